The molecule has 0 saturated carbocycles. The number of nitrogens with one attached hydrogen (secondary N) is 1. The molecule has 0 bridgehead atoms. The summed E-state index contributed by atoms with van der Waals surface area (Å²) in [4.78, 5) is 7.91. The lowest BCUT2D eigenvalue weighted by atomic mass is 10.2. The normalized spacial score (nSPS) is 10.7. The summed E-state index contributed by atoms with van der Waals surface area (Å²) >= 11 is 0. The van der Waals surface area contributed by atoms with Gasteiger partial charge in [0.1, 0.15) is 24.2 Å². The van der Waals surface area contributed by atoms with Crippen LogP contribution < -0.4 is 10.1 Å². The summed E-state index contributed by atoms with van der Waals surface area (Å²) in [6, 6.07) is 10.8. The van der Waals surface area contributed by atoms with Crippen molar-refractivity contribution in [1.29, 1.82) is 0 Å². The standard InChI is InChI=1S/C15H13F2N5O/c16-15(17)23-13-5-6-14(20-8-13)19-7-11-1-3-12(4-2-11)22-10-18-9-21-22/h1-6,8-10,15H,7H2,(H,19,20). The van der Waals surface area contributed by atoms with Crippen LogP contribution in [0.25, 0.3) is 5.69 Å². The summed E-state index contributed by atoms with van der Waals surface area (Å²) in [7, 11) is 0. The second-order valence-electron chi connectivity index (χ2n) is 4.62. The monoisotopic (exact) mass is 317 g/mol. The van der Waals surface area contributed by atoms with E-state index in [0.717, 1.165) is 11.3 Å². The van der Waals surface area contributed by atoms with E-state index in [0.29, 0.717) is 12.4 Å². The summed E-state index contributed by atoms with van der Waals surface area (Å²) in [5.41, 5.74) is 1.96. The van der Waals surface area contributed by atoms with Gasteiger partial charge in [-0.2, -0.15) is 13.9 Å². The highest BCUT2D eigenvalue weighted by Gasteiger charge is 2.04. The van der Waals surface area contributed by atoms with Crippen molar-refractivity contribution in [1.82, 2.24) is 19.7 Å². The van der Waals surface area contributed by atoms with E-state index >= 15 is 0 Å². The van der Waals surface area contributed by atoms with Gasteiger partial charge >= 0.3 is 6.61 Å². The Morgan fingerprint density at radius 1 is 1.13 bits per heavy atom. The third kappa shape index (κ3) is 4.00. The van der Waals surface area contributed by atoms with Gasteiger partial charge in [-0.3, -0.25) is 0 Å². The van der Waals surface area contributed by atoms with E-state index in [1.54, 1.807) is 17.1 Å². The van der Waals surface area contributed by atoms with Gasteiger partial charge in [0.2, 0.25) is 0 Å². The quantitative estimate of drug-likeness (QED) is 0.757. The Kier molecular flexibility index (Phi) is 4.41. The number of halogens is 2. The Morgan fingerprint density at radius 2 is 1.96 bits per heavy atom. The van der Waals surface area contributed by atoms with Crippen molar-refractivity contribution in [3.05, 3.63) is 60.8 Å². The molecule has 2 heterocycles. The maximum absolute atomic E-state index is 12.0. The average molecular weight is 317 g/mol. The zero-order valence-corrected chi connectivity index (χ0v) is 11.9. The van der Waals surface area contributed by atoms with Gasteiger partial charge in [-0.1, -0.05) is 12.1 Å². The SMILES string of the molecule is FC(F)Oc1ccc(NCc2ccc(-n3cncn3)cc2)nc1. The highest BCUT2D eigenvalue weighted by atomic mass is 19.3. The molecule has 0 saturated heterocycles. The molecule has 0 amide bonds. The maximum atomic E-state index is 12.0. The first kappa shape index (κ1) is 14.9. The third-order valence-electron chi connectivity index (χ3n) is 3.05. The van der Waals surface area contributed by atoms with Crippen molar-refractivity contribution in [2.24, 2.45) is 0 Å². The summed E-state index contributed by atoms with van der Waals surface area (Å²) in [6.07, 6.45) is 4.35. The molecule has 0 unspecified atom stereocenters. The molecule has 0 fully saturated rings. The first-order valence-electron chi connectivity index (χ1n) is 6.79. The van der Waals surface area contributed by atoms with Crippen LogP contribution in [0.4, 0.5) is 14.6 Å². The predicted octanol–water partition coefficient (Wildman–Crippen LogP) is 2.88. The predicted molar refractivity (Wildman–Crippen MR) is 79.6 cm³/mol. The molecule has 0 spiro atoms. The Balaban J connectivity index is 1.57. The lowest BCUT2D eigenvalue weighted by molar-refractivity contribution is -0.0500. The van der Waals surface area contributed by atoms with E-state index in [-0.39, 0.29) is 5.75 Å². The van der Waals surface area contributed by atoms with E-state index in [2.05, 4.69) is 25.1 Å². The van der Waals surface area contributed by atoms with Crippen molar-refractivity contribution in [2.45, 2.75) is 13.2 Å². The molecule has 1 aromatic carbocycles. The van der Waals surface area contributed by atoms with E-state index < -0.39 is 6.61 Å². The molecule has 23 heavy (non-hydrogen) atoms. The summed E-state index contributed by atoms with van der Waals surface area (Å²) < 4.78 is 30.0. The fourth-order valence-electron chi connectivity index (χ4n) is 1.96. The first-order chi connectivity index (χ1) is 11.2. The van der Waals surface area contributed by atoms with Crippen LogP contribution in [0.3, 0.4) is 0 Å². The van der Waals surface area contributed by atoms with Gasteiger partial charge in [0.05, 0.1) is 11.9 Å². The van der Waals surface area contributed by atoms with Gasteiger partial charge in [-0.05, 0) is 29.8 Å². The number of benzene rings is 1. The Labute approximate surface area is 130 Å². The number of alkyl halides is 2. The number of hydrogen-bond donors (Lipinski definition) is 1. The lowest BCUT2D eigenvalue weighted by Gasteiger charge is -2.08. The highest BCUT2D eigenvalue weighted by Crippen LogP contribution is 2.15. The number of aromatic nitrogens is 4. The minimum absolute atomic E-state index is 0.0303. The molecule has 0 aliphatic heterocycles. The largest absolute Gasteiger partial charge is 0.433 e. The second-order valence-corrected chi connectivity index (χ2v) is 4.62. The number of hydrogen-bond acceptors (Lipinski definition) is 5. The minimum Gasteiger partial charge on any atom is -0.433 e. The molecule has 6 nitrogen and oxygen atoms in total. The molecule has 0 aliphatic rings. The molecular weight excluding hydrogens is 304 g/mol. The van der Waals surface area contributed by atoms with Gasteiger partial charge in [0, 0.05) is 6.54 Å². The van der Waals surface area contributed by atoms with Crippen LogP contribution in [0.5, 0.6) is 5.75 Å². The molecule has 1 N–H and O–H groups in total. The van der Waals surface area contributed by atoms with E-state index in [9.17, 15) is 8.78 Å². The topological polar surface area (TPSA) is 64.9 Å². The van der Waals surface area contributed by atoms with Crippen molar-refractivity contribution in [3.8, 4) is 11.4 Å². The Morgan fingerprint density at radius 3 is 2.57 bits per heavy atom. The second kappa shape index (κ2) is 6.82. The highest BCUT2D eigenvalue weighted by molar-refractivity contribution is 5.40. The van der Waals surface area contributed by atoms with Crippen LogP contribution in [0.2, 0.25) is 0 Å². The molecule has 0 aliphatic carbocycles. The first-order valence-corrected chi connectivity index (χ1v) is 6.79. The van der Waals surface area contributed by atoms with E-state index in [4.69, 9.17) is 0 Å². The van der Waals surface area contributed by atoms with Gasteiger partial charge in [0.25, 0.3) is 0 Å². The van der Waals surface area contributed by atoms with Crippen LogP contribution in [-0.4, -0.2) is 26.4 Å². The summed E-state index contributed by atoms with van der Waals surface area (Å²) in [6.45, 7) is -2.29. The number of pyridine rings is 1. The minimum atomic E-state index is -2.85. The molecule has 8 heteroatoms. The summed E-state index contributed by atoms with van der Waals surface area (Å²) in [5, 5.41) is 7.16. The molecule has 3 aromatic rings. The number of nitrogens with zero attached hydrogens (tertiary/aromatic N) is 4. The van der Waals surface area contributed by atoms with E-state index in [1.165, 1.54) is 18.6 Å². The smallest absolute Gasteiger partial charge is 0.387 e. The Bertz CT molecular complexity index is 730. The van der Waals surface area contributed by atoms with Crippen LogP contribution >= 0.6 is 0 Å². The number of rotatable bonds is 6. The van der Waals surface area contributed by atoms with Gasteiger partial charge in [-0.25, -0.2) is 14.6 Å². The third-order valence-corrected chi connectivity index (χ3v) is 3.05. The van der Waals surface area contributed by atoms with Gasteiger partial charge in [0.15, 0.2) is 0 Å². The molecule has 0 atom stereocenters. The zero-order chi connectivity index (χ0) is 16.1. The van der Waals surface area contributed by atoms with Crippen molar-refractivity contribution < 1.29 is 13.5 Å². The van der Waals surface area contributed by atoms with Crippen LogP contribution in [-0.2, 0) is 6.54 Å². The van der Waals surface area contributed by atoms with E-state index in [1.807, 2.05) is 24.3 Å². The molecular formula is C15H13F2N5O. The lowest BCUT2D eigenvalue weighted by Crippen LogP contribution is -2.04. The fourth-order valence-corrected chi connectivity index (χ4v) is 1.96. The molecule has 3 rings (SSSR count). The number of ether oxygens (including phenoxy) is 1. The fraction of sp³-hybridized carbons (Fsp3) is 0.133. The number of anilines is 1. The van der Waals surface area contributed by atoms with Crippen molar-refractivity contribution in [3.63, 3.8) is 0 Å². The zero-order valence-electron chi connectivity index (χ0n) is 11.9. The van der Waals surface area contributed by atoms with Gasteiger partial charge < -0.3 is 10.1 Å². The van der Waals surface area contributed by atoms with Crippen LogP contribution in [0, 0.1) is 0 Å². The van der Waals surface area contributed by atoms with Crippen LogP contribution in [0.1, 0.15) is 5.56 Å². The molecule has 2 aromatic heterocycles. The maximum Gasteiger partial charge on any atom is 0.387 e. The average Bonchev–Trinajstić information content (AvgIpc) is 3.09. The van der Waals surface area contributed by atoms with Crippen LogP contribution in [0.15, 0.2) is 55.2 Å². The summed E-state index contributed by atoms with van der Waals surface area (Å²) in [5.74, 6) is 0.606. The molecule has 0 radical (unpaired) electrons. The Hall–Kier alpha value is -3.03. The molecule has 118 valence electrons. The van der Waals surface area contributed by atoms with Crippen molar-refractivity contribution >= 4 is 5.82 Å². The van der Waals surface area contributed by atoms with Crippen molar-refractivity contribution in [2.75, 3.05) is 5.32 Å². The van der Waals surface area contributed by atoms with Gasteiger partial charge in [-0.15, -0.1) is 0 Å².